The average molecular weight is 432 g/mol. The number of hydrogen-bond donors (Lipinski definition) is 0. The lowest BCUT2D eigenvalue weighted by molar-refractivity contribution is 0.197. The van der Waals surface area contributed by atoms with Gasteiger partial charge in [0.05, 0.1) is 17.5 Å². The Morgan fingerprint density at radius 3 is 2.27 bits per heavy atom. The Hall–Kier alpha value is -2.38. The highest BCUT2D eigenvalue weighted by atomic mass is 32.2. The Morgan fingerprint density at radius 1 is 1.07 bits per heavy atom. The van der Waals surface area contributed by atoms with E-state index in [2.05, 4.69) is 28.7 Å². The highest BCUT2D eigenvalue weighted by Gasteiger charge is 2.21. The molecule has 0 saturated carbocycles. The predicted octanol–water partition coefficient (Wildman–Crippen LogP) is 4.52. The quantitative estimate of drug-likeness (QED) is 0.610. The second-order valence-corrected chi connectivity index (χ2v) is 9.67. The molecule has 0 amide bonds. The number of rotatable bonds is 4. The Bertz CT molecular complexity index is 1060. The topological polar surface area (TPSA) is 45.5 Å². The molecule has 0 aliphatic carbocycles. The summed E-state index contributed by atoms with van der Waals surface area (Å²) >= 11 is 0. The maximum Gasteiger partial charge on any atom is 0.231 e. The van der Waals surface area contributed by atoms with Crippen LogP contribution in [0.2, 0.25) is 0 Å². The van der Waals surface area contributed by atoms with Gasteiger partial charge in [-0.3, -0.25) is 4.31 Å². The van der Waals surface area contributed by atoms with Crippen LogP contribution < -0.4 is 4.31 Å². The number of fused-ring (bicyclic) bond motifs is 1. The molecule has 1 aromatic heterocycles. The van der Waals surface area contributed by atoms with Crippen LogP contribution in [0.5, 0.6) is 0 Å². The molecule has 0 spiro atoms. The molecule has 3 aromatic rings. The lowest BCUT2D eigenvalue weighted by atomic mass is 10.0. The smallest absolute Gasteiger partial charge is 0.231 e. The fraction of sp³-hybridized carbons (Fsp3) is 0.391. The van der Waals surface area contributed by atoms with E-state index >= 15 is 0 Å². The Balaban J connectivity index is 0.000000310. The molecule has 1 aliphatic heterocycles. The number of sulfonamides is 1. The van der Waals surface area contributed by atoms with Crippen LogP contribution in [0.3, 0.4) is 0 Å². The Kier molecular flexibility index (Phi) is 7.15. The van der Waals surface area contributed by atoms with Crippen LogP contribution in [0.4, 0.5) is 10.1 Å². The number of halogens is 1. The van der Waals surface area contributed by atoms with E-state index in [1.165, 1.54) is 22.7 Å². The van der Waals surface area contributed by atoms with Crippen LogP contribution in [0, 0.1) is 5.82 Å². The normalized spacial score (nSPS) is 15.6. The van der Waals surface area contributed by atoms with E-state index in [-0.39, 0.29) is 5.82 Å². The zero-order valence-corrected chi connectivity index (χ0v) is 18.6. The molecule has 0 unspecified atom stereocenters. The largest absolute Gasteiger partial charge is 0.344 e. The van der Waals surface area contributed by atoms with Gasteiger partial charge in [0.25, 0.3) is 0 Å². The number of hydrogen-bond acceptors (Lipinski definition) is 3. The molecule has 0 atom stereocenters. The molecule has 7 heteroatoms. The third-order valence-electron chi connectivity index (χ3n) is 5.70. The molecule has 5 nitrogen and oxygen atoms in total. The SMILES string of the molecule is CCN1CCC(n2ccc3ccc(N(C)S(C)(=O)=O)cc32)CC1.Fc1ccccc1. The monoisotopic (exact) mass is 431 g/mol. The molecule has 2 aromatic carbocycles. The van der Waals surface area contributed by atoms with Gasteiger partial charge in [-0.1, -0.05) is 31.2 Å². The first-order chi connectivity index (χ1) is 14.3. The van der Waals surface area contributed by atoms with Crippen molar-refractivity contribution in [3.8, 4) is 0 Å². The number of aromatic nitrogens is 1. The van der Waals surface area contributed by atoms with Crippen molar-refractivity contribution in [2.75, 3.05) is 37.2 Å². The van der Waals surface area contributed by atoms with E-state index in [0.29, 0.717) is 11.7 Å². The number of likely N-dealkylation sites (tertiary alicyclic amines) is 1. The van der Waals surface area contributed by atoms with Crippen LogP contribution >= 0.6 is 0 Å². The fourth-order valence-electron chi connectivity index (χ4n) is 3.77. The van der Waals surface area contributed by atoms with Crippen molar-refractivity contribution < 1.29 is 12.8 Å². The van der Waals surface area contributed by atoms with Gasteiger partial charge >= 0.3 is 0 Å². The highest BCUT2D eigenvalue weighted by molar-refractivity contribution is 7.92. The van der Waals surface area contributed by atoms with Gasteiger partial charge in [0, 0.05) is 32.4 Å². The van der Waals surface area contributed by atoms with Gasteiger partial charge in [0.15, 0.2) is 0 Å². The third-order valence-corrected chi connectivity index (χ3v) is 6.90. The Labute approximate surface area is 178 Å². The van der Waals surface area contributed by atoms with Crippen molar-refractivity contribution in [3.05, 3.63) is 66.6 Å². The van der Waals surface area contributed by atoms with E-state index in [4.69, 9.17) is 0 Å². The highest BCUT2D eigenvalue weighted by Crippen LogP contribution is 2.30. The second kappa shape index (κ2) is 9.62. The van der Waals surface area contributed by atoms with E-state index in [9.17, 15) is 12.8 Å². The first kappa shape index (κ1) is 22.3. The second-order valence-electron chi connectivity index (χ2n) is 7.66. The molecule has 0 radical (unpaired) electrons. The predicted molar refractivity (Wildman–Crippen MR) is 122 cm³/mol. The number of benzene rings is 2. The summed E-state index contributed by atoms with van der Waals surface area (Å²) in [7, 11) is -1.64. The van der Waals surface area contributed by atoms with Crippen LogP contribution in [0.1, 0.15) is 25.8 Å². The lowest BCUT2D eigenvalue weighted by Gasteiger charge is -2.32. The third kappa shape index (κ3) is 5.40. The first-order valence-electron chi connectivity index (χ1n) is 10.3. The van der Waals surface area contributed by atoms with Crippen molar-refractivity contribution in [2.24, 2.45) is 0 Å². The van der Waals surface area contributed by atoms with Crippen LogP contribution in [-0.4, -0.2) is 50.8 Å². The zero-order chi connectivity index (χ0) is 21.7. The average Bonchev–Trinajstić information content (AvgIpc) is 3.17. The molecule has 0 bridgehead atoms. The minimum atomic E-state index is -3.24. The summed E-state index contributed by atoms with van der Waals surface area (Å²) in [5, 5.41) is 1.16. The van der Waals surface area contributed by atoms with Crippen LogP contribution in [-0.2, 0) is 10.0 Å². The molecular formula is C23H30FN3O2S. The van der Waals surface area contributed by atoms with Gasteiger partial charge in [0.1, 0.15) is 5.82 Å². The molecular weight excluding hydrogens is 401 g/mol. The number of anilines is 1. The summed E-state index contributed by atoms with van der Waals surface area (Å²) in [6.45, 7) is 5.58. The number of nitrogens with zero attached hydrogens (tertiary/aromatic N) is 3. The van der Waals surface area contributed by atoms with E-state index in [1.807, 2.05) is 18.2 Å². The molecule has 162 valence electrons. The van der Waals surface area contributed by atoms with Crippen molar-refractivity contribution in [2.45, 2.75) is 25.8 Å². The van der Waals surface area contributed by atoms with Crippen molar-refractivity contribution in [1.29, 1.82) is 0 Å². The summed E-state index contributed by atoms with van der Waals surface area (Å²) in [6.07, 6.45) is 5.66. The molecule has 4 rings (SSSR count). The number of piperidine rings is 1. The van der Waals surface area contributed by atoms with Gasteiger partial charge in [-0.05, 0) is 55.1 Å². The van der Waals surface area contributed by atoms with Gasteiger partial charge < -0.3 is 9.47 Å². The Morgan fingerprint density at radius 2 is 1.73 bits per heavy atom. The molecule has 30 heavy (non-hydrogen) atoms. The van der Waals surface area contributed by atoms with Crippen LogP contribution in [0.25, 0.3) is 10.9 Å². The van der Waals surface area contributed by atoms with Gasteiger partial charge in [-0.2, -0.15) is 0 Å². The fourth-order valence-corrected chi connectivity index (χ4v) is 4.27. The van der Waals surface area contributed by atoms with Gasteiger partial charge in [0.2, 0.25) is 10.0 Å². The van der Waals surface area contributed by atoms with Crippen LogP contribution in [0.15, 0.2) is 60.8 Å². The summed E-state index contributed by atoms with van der Waals surface area (Å²) in [6, 6.07) is 16.4. The molecule has 2 heterocycles. The molecule has 1 saturated heterocycles. The standard InChI is InChI=1S/C17H25N3O2S.C6H5F/c1-4-19-10-8-15(9-11-19)20-12-7-14-5-6-16(13-17(14)20)18(2)23(3,21)22;7-6-4-2-1-3-5-6/h5-7,12-13,15H,4,8-11H2,1-3H3;1-5H. The molecule has 0 N–H and O–H groups in total. The van der Waals surface area contributed by atoms with E-state index in [0.717, 1.165) is 43.4 Å². The minimum Gasteiger partial charge on any atom is -0.344 e. The van der Waals surface area contributed by atoms with Gasteiger partial charge in [-0.25, -0.2) is 12.8 Å². The van der Waals surface area contributed by atoms with E-state index in [1.54, 1.807) is 25.2 Å². The van der Waals surface area contributed by atoms with Crippen molar-refractivity contribution in [3.63, 3.8) is 0 Å². The maximum atomic E-state index is 11.9. The summed E-state index contributed by atoms with van der Waals surface area (Å²) in [4.78, 5) is 2.48. The van der Waals surface area contributed by atoms with E-state index < -0.39 is 10.0 Å². The van der Waals surface area contributed by atoms with Gasteiger partial charge in [-0.15, -0.1) is 0 Å². The minimum absolute atomic E-state index is 0.178. The summed E-state index contributed by atoms with van der Waals surface area (Å²) in [5.74, 6) is -0.178. The first-order valence-corrected chi connectivity index (χ1v) is 12.1. The molecule has 1 fully saturated rings. The molecule has 1 aliphatic rings. The lowest BCUT2D eigenvalue weighted by Crippen LogP contribution is -2.34. The van der Waals surface area contributed by atoms with Crippen molar-refractivity contribution in [1.82, 2.24) is 9.47 Å². The zero-order valence-electron chi connectivity index (χ0n) is 17.8. The summed E-state index contributed by atoms with van der Waals surface area (Å²) in [5.41, 5.74) is 1.83. The maximum absolute atomic E-state index is 11.9. The summed E-state index contributed by atoms with van der Waals surface area (Å²) < 4.78 is 39.1. The van der Waals surface area contributed by atoms with Crippen molar-refractivity contribution >= 4 is 26.6 Å².